The van der Waals surface area contributed by atoms with Crippen molar-refractivity contribution in [3.63, 3.8) is 0 Å². The molecule has 0 fully saturated rings. The Morgan fingerprint density at radius 1 is 1.28 bits per heavy atom. The summed E-state index contributed by atoms with van der Waals surface area (Å²) in [6, 6.07) is 4.82. The SMILES string of the molecule is CCOC(=O)COc1ccc(S(=O)(=O)[O-])cc1.[Na+]. The fraction of sp³-hybridized carbons (Fsp3) is 0.300. The van der Waals surface area contributed by atoms with Crippen LogP contribution >= 0.6 is 0 Å². The van der Waals surface area contributed by atoms with Crippen LogP contribution in [0.4, 0.5) is 0 Å². The van der Waals surface area contributed by atoms with Gasteiger partial charge < -0.3 is 14.0 Å². The van der Waals surface area contributed by atoms with Gasteiger partial charge in [-0.25, -0.2) is 13.2 Å². The van der Waals surface area contributed by atoms with E-state index in [2.05, 4.69) is 4.74 Å². The summed E-state index contributed by atoms with van der Waals surface area (Å²) in [4.78, 5) is 10.6. The summed E-state index contributed by atoms with van der Waals surface area (Å²) in [6.45, 7) is 1.67. The molecule has 8 heteroatoms. The van der Waals surface area contributed by atoms with Crippen molar-refractivity contribution in [2.45, 2.75) is 11.8 Å². The Hall–Kier alpha value is -0.600. The van der Waals surface area contributed by atoms with Crippen molar-refractivity contribution < 1.29 is 56.8 Å². The largest absolute Gasteiger partial charge is 1.00 e. The standard InChI is InChI=1S/C10H12O6S.Na/c1-2-15-10(11)7-16-8-3-5-9(6-4-8)17(12,13)14;/h3-6H,2,7H2,1H3,(H,12,13,14);/q;+1/p-1. The molecule has 0 heterocycles. The van der Waals surface area contributed by atoms with Crippen LogP contribution in [0.2, 0.25) is 0 Å². The molecule has 94 valence electrons. The Balaban J connectivity index is 0.00000289. The van der Waals surface area contributed by atoms with Crippen LogP contribution in [0, 0.1) is 0 Å². The number of ether oxygens (including phenoxy) is 2. The van der Waals surface area contributed by atoms with E-state index in [1.807, 2.05) is 0 Å². The quantitative estimate of drug-likeness (QED) is 0.338. The number of hydrogen-bond donors (Lipinski definition) is 0. The maximum Gasteiger partial charge on any atom is 1.00 e. The third-order valence-electron chi connectivity index (χ3n) is 1.77. The summed E-state index contributed by atoms with van der Waals surface area (Å²) < 4.78 is 41.5. The summed E-state index contributed by atoms with van der Waals surface area (Å²) in [6.07, 6.45) is 0. The third kappa shape index (κ3) is 5.83. The minimum Gasteiger partial charge on any atom is -0.744 e. The van der Waals surface area contributed by atoms with Crippen molar-refractivity contribution in [1.82, 2.24) is 0 Å². The molecule has 0 amide bonds. The Kier molecular flexibility index (Phi) is 7.49. The number of carbonyl (C=O) groups excluding carboxylic acids is 1. The molecule has 0 bridgehead atoms. The van der Waals surface area contributed by atoms with Crippen LogP contribution in [-0.2, 0) is 19.6 Å². The normalized spacial score (nSPS) is 10.3. The number of rotatable bonds is 5. The molecule has 1 rings (SSSR count). The van der Waals surface area contributed by atoms with Crippen LogP contribution in [0.5, 0.6) is 5.75 Å². The molecular weight excluding hydrogens is 271 g/mol. The maximum atomic E-state index is 10.9. The van der Waals surface area contributed by atoms with E-state index < -0.39 is 16.1 Å². The molecule has 1 aromatic carbocycles. The van der Waals surface area contributed by atoms with E-state index in [9.17, 15) is 17.8 Å². The molecule has 1 aromatic rings. The van der Waals surface area contributed by atoms with E-state index in [0.29, 0.717) is 0 Å². The van der Waals surface area contributed by atoms with Crippen molar-refractivity contribution in [3.05, 3.63) is 24.3 Å². The first kappa shape index (κ1) is 17.4. The van der Waals surface area contributed by atoms with Crippen LogP contribution in [0.1, 0.15) is 6.92 Å². The number of benzene rings is 1. The molecule has 0 atom stereocenters. The average Bonchev–Trinajstić information content (AvgIpc) is 2.26. The molecule has 0 radical (unpaired) electrons. The topological polar surface area (TPSA) is 92.7 Å². The maximum absolute atomic E-state index is 10.9. The molecule has 0 aliphatic carbocycles. The van der Waals surface area contributed by atoms with Crippen molar-refractivity contribution in [1.29, 1.82) is 0 Å². The van der Waals surface area contributed by atoms with Gasteiger partial charge in [0, 0.05) is 0 Å². The zero-order valence-corrected chi connectivity index (χ0v) is 12.9. The van der Waals surface area contributed by atoms with Gasteiger partial charge in [-0.15, -0.1) is 0 Å². The third-order valence-corrected chi connectivity index (χ3v) is 2.62. The molecule has 0 saturated heterocycles. The van der Waals surface area contributed by atoms with Gasteiger partial charge in [-0.1, -0.05) is 0 Å². The Labute approximate surface area is 127 Å². The Morgan fingerprint density at radius 2 is 1.83 bits per heavy atom. The van der Waals surface area contributed by atoms with E-state index in [-0.39, 0.29) is 53.4 Å². The molecular formula is C10H11NaO6S. The first-order chi connectivity index (χ1) is 7.93. The second kappa shape index (κ2) is 7.75. The molecule has 0 saturated carbocycles. The van der Waals surface area contributed by atoms with Gasteiger partial charge in [0.25, 0.3) is 0 Å². The average molecular weight is 282 g/mol. The molecule has 0 aliphatic rings. The van der Waals surface area contributed by atoms with E-state index in [4.69, 9.17) is 4.74 Å². The van der Waals surface area contributed by atoms with Gasteiger partial charge in [-0.3, -0.25) is 0 Å². The molecule has 18 heavy (non-hydrogen) atoms. The first-order valence-electron chi connectivity index (χ1n) is 4.78. The smallest absolute Gasteiger partial charge is 0.744 e. The fourth-order valence-corrected chi connectivity index (χ4v) is 1.52. The van der Waals surface area contributed by atoms with Crippen LogP contribution in [-0.4, -0.2) is 32.2 Å². The second-order valence-electron chi connectivity index (χ2n) is 3.02. The van der Waals surface area contributed by atoms with Gasteiger partial charge in [-0.05, 0) is 31.2 Å². The predicted molar refractivity (Wildman–Crippen MR) is 56.5 cm³/mol. The van der Waals surface area contributed by atoms with Gasteiger partial charge in [0.05, 0.1) is 11.5 Å². The van der Waals surface area contributed by atoms with Gasteiger partial charge in [0.15, 0.2) is 6.61 Å². The van der Waals surface area contributed by atoms with E-state index in [1.165, 1.54) is 12.1 Å². The minimum atomic E-state index is -4.46. The Bertz CT molecular complexity index is 482. The monoisotopic (exact) mass is 282 g/mol. The fourth-order valence-electron chi connectivity index (χ4n) is 1.05. The van der Waals surface area contributed by atoms with Gasteiger partial charge in [0.1, 0.15) is 15.9 Å². The predicted octanol–water partition coefficient (Wildman–Crippen LogP) is -2.46. The molecule has 0 N–H and O–H groups in total. The van der Waals surface area contributed by atoms with Crippen LogP contribution in [0.15, 0.2) is 29.2 Å². The molecule has 0 aromatic heterocycles. The summed E-state index contributed by atoms with van der Waals surface area (Å²) in [7, 11) is -4.46. The van der Waals surface area contributed by atoms with Crippen molar-refractivity contribution >= 4 is 16.1 Å². The molecule has 0 spiro atoms. The summed E-state index contributed by atoms with van der Waals surface area (Å²) in [5, 5.41) is 0. The van der Waals surface area contributed by atoms with Crippen molar-refractivity contribution in [2.75, 3.05) is 13.2 Å². The van der Waals surface area contributed by atoms with Crippen LogP contribution in [0.3, 0.4) is 0 Å². The number of carbonyl (C=O) groups is 1. The van der Waals surface area contributed by atoms with E-state index in [1.54, 1.807) is 6.92 Å². The van der Waals surface area contributed by atoms with Crippen LogP contribution in [0.25, 0.3) is 0 Å². The Morgan fingerprint density at radius 3 is 2.28 bits per heavy atom. The van der Waals surface area contributed by atoms with E-state index in [0.717, 1.165) is 12.1 Å². The van der Waals surface area contributed by atoms with Gasteiger partial charge in [0.2, 0.25) is 0 Å². The van der Waals surface area contributed by atoms with Crippen molar-refractivity contribution in [3.8, 4) is 5.75 Å². The number of esters is 1. The molecule has 0 unspecified atom stereocenters. The van der Waals surface area contributed by atoms with E-state index >= 15 is 0 Å². The van der Waals surface area contributed by atoms with Crippen molar-refractivity contribution in [2.24, 2.45) is 0 Å². The molecule has 0 aliphatic heterocycles. The van der Waals surface area contributed by atoms with Gasteiger partial charge in [-0.2, -0.15) is 0 Å². The second-order valence-corrected chi connectivity index (χ2v) is 4.40. The zero-order valence-electron chi connectivity index (χ0n) is 10.1. The molecule has 6 nitrogen and oxygen atoms in total. The van der Waals surface area contributed by atoms with Crippen LogP contribution < -0.4 is 34.3 Å². The summed E-state index contributed by atoms with van der Waals surface area (Å²) in [5.41, 5.74) is 0. The summed E-state index contributed by atoms with van der Waals surface area (Å²) >= 11 is 0. The minimum absolute atomic E-state index is 0. The number of hydrogen-bond acceptors (Lipinski definition) is 6. The summed E-state index contributed by atoms with van der Waals surface area (Å²) in [5.74, 6) is -0.238. The first-order valence-corrected chi connectivity index (χ1v) is 6.18. The zero-order chi connectivity index (χ0) is 12.9. The van der Waals surface area contributed by atoms with Gasteiger partial charge >= 0.3 is 35.5 Å².